The SMILES string of the molecule is c1ccc(-c2nc(-c3cccc(-c4ccc5sc6ccccc6c5c4)c3)cc(-c3ccc(-c4c5ccccc5cc5c4ccc4ccccc45)c4ccccc34)n2)cc1. The average molecular weight is 767 g/mol. The highest BCUT2D eigenvalue weighted by molar-refractivity contribution is 7.25. The molecule has 12 aromatic rings. The number of hydrogen-bond acceptors (Lipinski definition) is 3. The molecule has 274 valence electrons. The quantitative estimate of drug-likeness (QED) is 0.129. The summed E-state index contributed by atoms with van der Waals surface area (Å²) < 4.78 is 2.62. The Hall–Kier alpha value is -7.46. The molecule has 2 nitrogen and oxygen atoms in total. The van der Waals surface area contributed by atoms with E-state index in [9.17, 15) is 0 Å². The van der Waals surface area contributed by atoms with E-state index in [0.29, 0.717) is 5.82 Å². The van der Waals surface area contributed by atoms with E-state index in [1.807, 2.05) is 17.4 Å². The molecule has 0 aliphatic rings. The molecule has 0 saturated heterocycles. The van der Waals surface area contributed by atoms with Gasteiger partial charge >= 0.3 is 0 Å². The van der Waals surface area contributed by atoms with Crippen molar-refractivity contribution in [1.82, 2.24) is 9.97 Å². The Labute approximate surface area is 345 Å². The Kier molecular flexibility index (Phi) is 7.75. The molecule has 3 heteroatoms. The summed E-state index contributed by atoms with van der Waals surface area (Å²) in [6.07, 6.45) is 0. The molecule has 0 saturated carbocycles. The number of hydrogen-bond donors (Lipinski definition) is 0. The van der Waals surface area contributed by atoms with Crippen molar-refractivity contribution in [1.29, 1.82) is 0 Å². The van der Waals surface area contributed by atoms with Gasteiger partial charge < -0.3 is 0 Å². The fraction of sp³-hybridized carbons (Fsp3) is 0. The Bertz CT molecular complexity index is 3620. The van der Waals surface area contributed by atoms with Gasteiger partial charge in [0.05, 0.1) is 11.4 Å². The van der Waals surface area contributed by atoms with Crippen molar-refractivity contribution < 1.29 is 0 Å². The van der Waals surface area contributed by atoms with Crippen molar-refractivity contribution in [3.63, 3.8) is 0 Å². The Morgan fingerprint density at radius 3 is 1.78 bits per heavy atom. The fourth-order valence-corrected chi connectivity index (χ4v) is 10.2. The monoisotopic (exact) mass is 766 g/mol. The largest absolute Gasteiger partial charge is 0.228 e. The maximum atomic E-state index is 5.31. The topological polar surface area (TPSA) is 25.8 Å². The molecule has 0 N–H and O–H groups in total. The first-order valence-corrected chi connectivity index (χ1v) is 20.9. The number of aromatic nitrogens is 2. The molecular weight excluding hydrogens is 733 g/mol. The van der Waals surface area contributed by atoms with Crippen LogP contribution in [0.15, 0.2) is 206 Å². The predicted octanol–water partition coefficient (Wildman–Crippen LogP) is 15.8. The van der Waals surface area contributed by atoms with Crippen LogP contribution in [-0.2, 0) is 0 Å². The Morgan fingerprint density at radius 1 is 0.288 bits per heavy atom. The molecule has 0 spiro atoms. The lowest BCUT2D eigenvalue weighted by Crippen LogP contribution is -1.97. The van der Waals surface area contributed by atoms with Gasteiger partial charge in [-0.2, -0.15) is 0 Å². The van der Waals surface area contributed by atoms with Gasteiger partial charge in [0.25, 0.3) is 0 Å². The van der Waals surface area contributed by atoms with Gasteiger partial charge in [0.2, 0.25) is 0 Å². The van der Waals surface area contributed by atoms with Gasteiger partial charge in [-0.05, 0) is 102 Å². The van der Waals surface area contributed by atoms with Gasteiger partial charge in [0.1, 0.15) is 0 Å². The minimum Gasteiger partial charge on any atom is -0.228 e. The van der Waals surface area contributed by atoms with E-state index in [4.69, 9.17) is 9.97 Å². The second-order valence-corrected chi connectivity index (χ2v) is 16.4. The predicted molar refractivity (Wildman–Crippen MR) is 252 cm³/mol. The van der Waals surface area contributed by atoms with Crippen molar-refractivity contribution >= 4 is 74.6 Å². The van der Waals surface area contributed by atoms with Crippen LogP contribution in [0.1, 0.15) is 0 Å². The van der Waals surface area contributed by atoms with Crippen LogP contribution in [0.4, 0.5) is 0 Å². The molecule has 0 atom stereocenters. The summed E-state index contributed by atoms with van der Waals surface area (Å²) in [5.41, 5.74) is 9.70. The molecule has 0 aliphatic heterocycles. The van der Waals surface area contributed by atoms with Crippen LogP contribution in [0.2, 0.25) is 0 Å². The minimum atomic E-state index is 0.703. The summed E-state index contributed by atoms with van der Waals surface area (Å²) in [6.45, 7) is 0. The van der Waals surface area contributed by atoms with Crippen molar-refractivity contribution in [3.8, 4) is 56.2 Å². The summed E-state index contributed by atoms with van der Waals surface area (Å²) in [4.78, 5) is 10.6. The van der Waals surface area contributed by atoms with Crippen molar-refractivity contribution in [3.05, 3.63) is 206 Å². The van der Waals surface area contributed by atoms with Crippen molar-refractivity contribution in [2.45, 2.75) is 0 Å². The van der Waals surface area contributed by atoms with Crippen LogP contribution in [0, 0.1) is 0 Å². The molecule has 59 heavy (non-hydrogen) atoms. The van der Waals surface area contributed by atoms with Crippen LogP contribution in [0.5, 0.6) is 0 Å². The lowest BCUT2D eigenvalue weighted by Gasteiger charge is -2.17. The summed E-state index contributed by atoms with van der Waals surface area (Å²) in [5.74, 6) is 0.703. The van der Waals surface area contributed by atoms with Gasteiger partial charge in [-0.25, -0.2) is 9.97 Å². The van der Waals surface area contributed by atoms with Gasteiger partial charge in [-0.3, -0.25) is 0 Å². The third-order valence-corrected chi connectivity index (χ3v) is 13.0. The molecule has 0 aliphatic carbocycles. The van der Waals surface area contributed by atoms with Gasteiger partial charge in [0, 0.05) is 36.9 Å². The van der Waals surface area contributed by atoms with E-state index in [1.54, 1.807) is 0 Å². The van der Waals surface area contributed by atoms with Gasteiger partial charge in [-0.15, -0.1) is 11.3 Å². The zero-order valence-corrected chi connectivity index (χ0v) is 32.7. The normalized spacial score (nSPS) is 11.7. The zero-order chi connectivity index (χ0) is 38.9. The van der Waals surface area contributed by atoms with Crippen molar-refractivity contribution in [2.24, 2.45) is 0 Å². The molecule has 2 heterocycles. The number of fused-ring (bicyclic) bond motifs is 8. The summed E-state index contributed by atoms with van der Waals surface area (Å²) in [6, 6.07) is 74.6. The van der Waals surface area contributed by atoms with Crippen LogP contribution >= 0.6 is 11.3 Å². The first-order chi connectivity index (χ1) is 29.2. The van der Waals surface area contributed by atoms with Gasteiger partial charge in [0.15, 0.2) is 5.82 Å². The zero-order valence-electron chi connectivity index (χ0n) is 31.9. The summed E-state index contributed by atoms with van der Waals surface area (Å²) in [5, 5.41) is 12.5. The lowest BCUT2D eigenvalue weighted by molar-refractivity contribution is 1.18. The van der Waals surface area contributed by atoms with Crippen LogP contribution in [0.25, 0.3) is 119 Å². The number of nitrogens with zero attached hydrogens (tertiary/aromatic N) is 2. The third kappa shape index (κ3) is 5.62. The van der Waals surface area contributed by atoms with E-state index >= 15 is 0 Å². The Balaban J connectivity index is 1.05. The highest BCUT2D eigenvalue weighted by atomic mass is 32.1. The van der Waals surface area contributed by atoms with E-state index in [0.717, 1.165) is 39.0 Å². The van der Waals surface area contributed by atoms with E-state index < -0.39 is 0 Å². The maximum absolute atomic E-state index is 5.31. The molecular formula is C56H34N2S. The molecule has 0 amide bonds. The van der Waals surface area contributed by atoms with Crippen LogP contribution < -0.4 is 0 Å². The summed E-state index contributed by atoms with van der Waals surface area (Å²) >= 11 is 1.85. The summed E-state index contributed by atoms with van der Waals surface area (Å²) in [7, 11) is 0. The second kappa shape index (κ2) is 13.6. The van der Waals surface area contributed by atoms with E-state index in [2.05, 4.69) is 200 Å². The maximum Gasteiger partial charge on any atom is 0.160 e. The van der Waals surface area contributed by atoms with Crippen molar-refractivity contribution in [2.75, 3.05) is 0 Å². The molecule has 10 aromatic carbocycles. The fourth-order valence-electron chi connectivity index (χ4n) is 9.06. The van der Waals surface area contributed by atoms with Crippen LogP contribution in [0.3, 0.4) is 0 Å². The number of rotatable bonds is 5. The minimum absolute atomic E-state index is 0.703. The number of thiophene rings is 1. The van der Waals surface area contributed by atoms with Crippen LogP contribution in [-0.4, -0.2) is 9.97 Å². The van der Waals surface area contributed by atoms with E-state index in [-0.39, 0.29) is 0 Å². The number of benzene rings is 10. The molecule has 12 rings (SSSR count). The lowest BCUT2D eigenvalue weighted by atomic mass is 9.86. The first kappa shape index (κ1) is 33.7. The molecule has 0 fully saturated rings. The molecule has 0 radical (unpaired) electrons. The second-order valence-electron chi connectivity index (χ2n) is 15.3. The standard InChI is InChI=1S/C56H34N2S/c1-2-14-36(15-3-1)56-57-51(40-18-12-17-37(31-40)38-26-30-54-50(32-38)46-23-10-11-24-53(46)59-54)34-52(58-56)45-28-29-47(44-22-9-8-21-43(44)45)55-42-20-7-5-16-39(42)33-49-41-19-6-4-13-35(41)25-27-48(49)55/h1-34H. The van der Waals surface area contributed by atoms with Gasteiger partial charge in [-0.1, -0.05) is 170 Å². The smallest absolute Gasteiger partial charge is 0.160 e. The molecule has 2 aromatic heterocycles. The highest BCUT2D eigenvalue weighted by Gasteiger charge is 2.19. The highest BCUT2D eigenvalue weighted by Crippen LogP contribution is 2.44. The first-order valence-electron chi connectivity index (χ1n) is 20.1. The third-order valence-electron chi connectivity index (χ3n) is 11.9. The molecule has 0 unspecified atom stereocenters. The van der Waals surface area contributed by atoms with E-state index in [1.165, 1.54) is 74.6 Å². The average Bonchev–Trinajstić information content (AvgIpc) is 3.69. The Morgan fingerprint density at radius 2 is 0.915 bits per heavy atom. The molecule has 0 bridgehead atoms.